The SMILES string of the molecule is COCCCCC(O)c1ccc(Cc2ccc(/C=C/C(=O)c3ccccc3)cc2)cc1. The molecule has 3 rings (SSSR count). The molecule has 3 aromatic carbocycles. The molecule has 160 valence electrons. The minimum atomic E-state index is -0.421. The molecule has 3 nitrogen and oxygen atoms in total. The van der Waals surface area contributed by atoms with Gasteiger partial charge in [0.15, 0.2) is 5.78 Å². The van der Waals surface area contributed by atoms with Crippen LogP contribution in [-0.4, -0.2) is 24.6 Å². The van der Waals surface area contributed by atoms with Gasteiger partial charge >= 0.3 is 0 Å². The van der Waals surface area contributed by atoms with Gasteiger partial charge in [-0.2, -0.15) is 0 Å². The Labute approximate surface area is 185 Å². The van der Waals surface area contributed by atoms with Crippen molar-refractivity contribution in [3.8, 4) is 0 Å². The van der Waals surface area contributed by atoms with Crippen LogP contribution in [0.2, 0.25) is 0 Å². The highest BCUT2D eigenvalue weighted by Crippen LogP contribution is 2.21. The van der Waals surface area contributed by atoms with Crippen LogP contribution in [0.15, 0.2) is 84.9 Å². The quantitative estimate of drug-likeness (QED) is 0.237. The zero-order valence-electron chi connectivity index (χ0n) is 18.0. The Morgan fingerprint density at radius 2 is 1.55 bits per heavy atom. The lowest BCUT2D eigenvalue weighted by atomic mass is 9.99. The molecule has 1 unspecified atom stereocenters. The minimum absolute atomic E-state index is 0.00523. The Morgan fingerprint density at radius 1 is 0.903 bits per heavy atom. The van der Waals surface area contributed by atoms with Gasteiger partial charge in [0, 0.05) is 19.3 Å². The molecule has 0 amide bonds. The molecule has 0 aliphatic carbocycles. The van der Waals surface area contributed by atoms with E-state index < -0.39 is 6.10 Å². The Morgan fingerprint density at radius 3 is 2.19 bits per heavy atom. The molecule has 0 fully saturated rings. The van der Waals surface area contributed by atoms with Crippen LogP contribution in [0.3, 0.4) is 0 Å². The third kappa shape index (κ3) is 7.32. The van der Waals surface area contributed by atoms with Crippen molar-refractivity contribution in [2.45, 2.75) is 31.8 Å². The van der Waals surface area contributed by atoms with Gasteiger partial charge in [0.05, 0.1) is 6.10 Å². The average molecular weight is 415 g/mol. The van der Waals surface area contributed by atoms with Crippen LogP contribution in [-0.2, 0) is 11.2 Å². The Balaban J connectivity index is 1.52. The van der Waals surface area contributed by atoms with Gasteiger partial charge in [-0.1, -0.05) is 84.9 Å². The second kappa shape index (κ2) is 12.0. The zero-order valence-corrected chi connectivity index (χ0v) is 18.0. The summed E-state index contributed by atoms with van der Waals surface area (Å²) in [6, 6.07) is 25.7. The highest BCUT2D eigenvalue weighted by Gasteiger charge is 2.07. The second-order valence-corrected chi connectivity index (χ2v) is 7.73. The van der Waals surface area contributed by atoms with Crippen LogP contribution in [0.1, 0.15) is 58.0 Å². The van der Waals surface area contributed by atoms with Crippen molar-refractivity contribution in [3.63, 3.8) is 0 Å². The van der Waals surface area contributed by atoms with E-state index in [0.29, 0.717) is 5.56 Å². The molecule has 0 heterocycles. The minimum Gasteiger partial charge on any atom is -0.388 e. The third-order valence-electron chi connectivity index (χ3n) is 5.31. The third-order valence-corrected chi connectivity index (χ3v) is 5.31. The van der Waals surface area contributed by atoms with Gasteiger partial charge < -0.3 is 9.84 Å². The number of unbranched alkanes of at least 4 members (excludes halogenated alkanes) is 1. The van der Waals surface area contributed by atoms with Gasteiger partial charge in [0.25, 0.3) is 0 Å². The van der Waals surface area contributed by atoms with Crippen molar-refractivity contribution >= 4 is 11.9 Å². The number of hydrogen-bond acceptors (Lipinski definition) is 3. The number of aliphatic hydroxyl groups excluding tert-OH is 1. The van der Waals surface area contributed by atoms with Gasteiger partial charge in [0.2, 0.25) is 0 Å². The monoisotopic (exact) mass is 414 g/mol. The van der Waals surface area contributed by atoms with Crippen LogP contribution in [0, 0.1) is 0 Å². The first kappa shape index (κ1) is 22.7. The summed E-state index contributed by atoms with van der Waals surface area (Å²) in [6.45, 7) is 0.740. The molecule has 3 heteroatoms. The summed E-state index contributed by atoms with van der Waals surface area (Å²) in [6.07, 6.45) is 6.55. The van der Waals surface area contributed by atoms with Gasteiger partial charge in [-0.15, -0.1) is 0 Å². The first-order valence-electron chi connectivity index (χ1n) is 10.8. The van der Waals surface area contributed by atoms with Crippen molar-refractivity contribution in [2.24, 2.45) is 0 Å². The normalized spacial score (nSPS) is 12.2. The number of benzene rings is 3. The smallest absolute Gasteiger partial charge is 0.185 e. The molecule has 0 radical (unpaired) electrons. The summed E-state index contributed by atoms with van der Waals surface area (Å²) < 4.78 is 5.05. The van der Waals surface area contributed by atoms with Crippen molar-refractivity contribution in [3.05, 3.63) is 113 Å². The van der Waals surface area contributed by atoms with E-state index in [1.54, 1.807) is 13.2 Å². The summed E-state index contributed by atoms with van der Waals surface area (Å²) in [5.74, 6) is 0.00523. The standard InChI is InChI=1S/C28H30O3/c1-31-20-6-5-9-27(29)26-17-14-24(15-18-26)21-23-12-10-22(11-13-23)16-19-28(30)25-7-3-2-4-8-25/h2-4,7-8,10-19,27,29H,5-6,9,20-21H2,1H3/b19-16+. The Kier molecular flexibility index (Phi) is 8.77. The number of carbonyl (C=O) groups excluding carboxylic acids is 1. The van der Waals surface area contributed by atoms with Crippen LogP contribution in [0.4, 0.5) is 0 Å². The molecular weight excluding hydrogens is 384 g/mol. The number of rotatable bonds is 11. The molecular formula is C28H30O3. The van der Waals surface area contributed by atoms with Crippen LogP contribution in [0.25, 0.3) is 6.08 Å². The molecule has 3 aromatic rings. The van der Waals surface area contributed by atoms with E-state index in [2.05, 4.69) is 24.3 Å². The van der Waals surface area contributed by atoms with E-state index in [4.69, 9.17) is 4.74 Å². The van der Waals surface area contributed by atoms with Crippen molar-refractivity contribution in [1.82, 2.24) is 0 Å². The molecule has 0 spiro atoms. The van der Waals surface area contributed by atoms with Gasteiger partial charge in [0.1, 0.15) is 0 Å². The number of allylic oxidation sites excluding steroid dienone is 1. The first-order chi connectivity index (χ1) is 15.2. The highest BCUT2D eigenvalue weighted by molar-refractivity contribution is 6.06. The van der Waals surface area contributed by atoms with E-state index in [1.165, 1.54) is 11.1 Å². The maximum atomic E-state index is 12.2. The molecule has 1 atom stereocenters. The first-order valence-corrected chi connectivity index (χ1v) is 10.8. The maximum Gasteiger partial charge on any atom is 0.185 e. The van der Waals surface area contributed by atoms with Crippen LogP contribution < -0.4 is 0 Å². The van der Waals surface area contributed by atoms with E-state index in [1.807, 2.05) is 60.7 Å². The number of ketones is 1. The average Bonchev–Trinajstić information content (AvgIpc) is 2.82. The lowest BCUT2D eigenvalue weighted by Gasteiger charge is -2.11. The fourth-order valence-electron chi connectivity index (χ4n) is 3.46. The fraction of sp³-hybridized carbons (Fsp3) is 0.250. The van der Waals surface area contributed by atoms with Crippen molar-refractivity contribution in [1.29, 1.82) is 0 Å². The summed E-state index contributed by atoms with van der Waals surface area (Å²) in [7, 11) is 1.70. The molecule has 0 saturated carbocycles. The molecule has 0 aromatic heterocycles. The largest absolute Gasteiger partial charge is 0.388 e. The van der Waals surface area contributed by atoms with Crippen molar-refractivity contribution < 1.29 is 14.6 Å². The lowest BCUT2D eigenvalue weighted by molar-refractivity contribution is 0.104. The number of aliphatic hydroxyl groups is 1. The highest BCUT2D eigenvalue weighted by atomic mass is 16.5. The van der Waals surface area contributed by atoms with Gasteiger partial charge in [-0.05, 0) is 54.0 Å². The van der Waals surface area contributed by atoms with E-state index in [9.17, 15) is 9.90 Å². The van der Waals surface area contributed by atoms with Gasteiger partial charge in [-0.3, -0.25) is 4.79 Å². The summed E-state index contributed by atoms with van der Waals surface area (Å²) in [5, 5.41) is 10.3. The number of methoxy groups -OCH3 is 1. The molecule has 0 aliphatic heterocycles. The van der Waals surface area contributed by atoms with Crippen molar-refractivity contribution in [2.75, 3.05) is 13.7 Å². The number of hydrogen-bond donors (Lipinski definition) is 1. The predicted octanol–water partition coefficient (Wildman–Crippen LogP) is 6.02. The van der Waals surface area contributed by atoms with E-state index >= 15 is 0 Å². The molecule has 0 saturated heterocycles. The Bertz CT molecular complexity index is 957. The van der Waals surface area contributed by atoms with Gasteiger partial charge in [-0.25, -0.2) is 0 Å². The predicted molar refractivity (Wildman–Crippen MR) is 126 cm³/mol. The molecule has 0 aliphatic rings. The summed E-state index contributed by atoms with van der Waals surface area (Å²) >= 11 is 0. The molecule has 31 heavy (non-hydrogen) atoms. The van der Waals surface area contributed by atoms with Crippen LogP contribution in [0.5, 0.6) is 0 Å². The second-order valence-electron chi connectivity index (χ2n) is 7.73. The number of ether oxygens (including phenoxy) is 1. The number of carbonyl (C=O) groups is 1. The zero-order chi connectivity index (χ0) is 21.9. The maximum absolute atomic E-state index is 12.2. The lowest BCUT2D eigenvalue weighted by Crippen LogP contribution is -1.99. The van der Waals surface area contributed by atoms with E-state index in [-0.39, 0.29) is 5.78 Å². The molecule has 1 N–H and O–H groups in total. The summed E-state index contributed by atoms with van der Waals surface area (Å²) in [5.41, 5.74) is 5.07. The van der Waals surface area contributed by atoms with Crippen LogP contribution >= 0.6 is 0 Å². The summed E-state index contributed by atoms with van der Waals surface area (Å²) in [4.78, 5) is 12.2. The molecule has 0 bridgehead atoms. The topological polar surface area (TPSA) is 46.5 Å². The Hall–Kier alpha value is -3.01. The fourth-order valence-corrected chi connectivity index (χ4v) is 3.46. The van der Waals surface area contributed by atoms with E-state index in [0.717, 1.165) is 43.4 Å².